The second kappa shape index (κ2) is 8.33. The molecule has 0 radical (unpaired) electrons. The summed E-state index contributed by atoms with van der Waals surface area (Å²) in [5, 5.41) is 5.57. The van der Waals surface area contributed by atoms with Gasteiger partial charge in [0, 0.05) is 21.7 Å². The molecule has 0 unspecified atom stereocenters. The number of benzene rings is 2. The summed E-state index contributed by atoms with van der Waals surface area (Å²) < 4.78 is 5.25. The minimum atomic E-state index is -0.974. The minimum absolute atomic E-state index is 0.178. The second-order valence-corrected chi connectivity index (χ2v) is 7.19. The molecular weight excluding hydrogens is 384 g/mol. The van der Waals surface area contributed by atoms with Gasteiger partial charge in [0.15, 0.2) is 11.8 Å². The van der Waals surface area contributed by atoms with E-state index in [1.165, 1.54) is 18.3 Å². The van der Waals surface area contributed by atoms with E-state index in [0.717, 1.165) is 11.1 Å². The van der Waals surface area contributed by atoms with E-state index in [0.29, 0.717) is 15.7 Å². The van der Waals surface area contributed by atoms with Crippen molar-refractivity contribution < 1.29 is 14.3 Å². The number of aromatic nitrogens is 1. The maximum Gasteiger partial charge on any atom is 0.358 e. The van der Waals surface area contributed by atoms with Crippen LogP contribution in [0.4, 0.5) is 5.69 Å². The number of aryl methyl sites for hydroxylation is 1. The zero-order chi connectivity index (χ0) is 19.4. The molecule has 1 aromatic heterocycles. The van der Waals surface area contributed by atoms with E-state index in [1.54, 1.807) is 23.6 Å². The summed E-state index contributed by atoms with van der Waals surface area (Å²) in [7, 11) is 0. The first-order valence-electron chi connectivity index (χ1n) is 8.23. The van der Waals surface area contributed by atoms with Gasteiger partial charge in [0.1, 0.15) is 5.01 Å². The lowest BCUT2D eigenvalue weighted by Gasteiger charge is -2.14. The number of hydrogen-bond donors (Lipinski definition) is 1. The van der Waals surface area contributed by atoms with E-state index in [2.05, 4.69) is 10.3 Å². The first-order valence-corrected chi connectivity index (χ1v) is 9.49. The highest BCUT2D eigenvalue weighted by Gasteiger charge is 2.21. The van der Waals surface area contributed by atoms with Crippen LogP contribution in [0, 0.1) is 6.92 Å². The molecule has 0 aliphatic rings. The molecule has 1 heterocycles. The Kier molecular flexibility index (Phi) is 5.88. The van der Waals surface area contributed by atoms with E-state index in [1.807, 2.05) is 37.3 Å². The molecule has 3 aromatic rings. The van der Waals surface area contributed by atoms with Gasteiger partial charge in [-0.15, -0.1) is 11.3 Å². The van der Waals surface area contributed by atoms with E-state index < -0.39 is 18.0 Å². The minimum Gasteiger partial charge on any atom is -0.448 e. The number of nitrogens with one attached hydrogen (secondary N) is 1. The Labute approximate surface area is 166 Å². The Morgan fingerprint density at radius 2 is 1.93 bits per heavy atom. The smallest absolute Gasteiger partial charge is 0.358 e. The largest absolute Gasteiger partial charge is 0.448 e. The van der Waals surface area contributed by atoms with Crippen LogP contribution in [0.1, 0.15) is 23.0 Å². The summed E-state index contributed by atoms with van der Waals surface area (Å²) in [4.78, 5) is 28.9. The van der Waals surface area contributed by atoms with Gasteiger partial charge in [-0.05, 0) is 31.5 Å². The Hall–Kier alpha value is -2.70. The second-order valence-electron chi connectivity index (χ2n) is 5.90. The van der Waals surface area contributed by atoms with Crippen LogP contribution in [0.15, 0.2) is 53.9 Å². The normalized spacial score (nSPS) is 11.7. The van der Waals surface area contributed by atoms with E-state index in [-0.39, 0.29) is 5.69 Å². The van der Waals surface area contributed by atoms with Crippen molar-refractivity contribution in [2.45, 2.75) is 20.0 Å². The third-order valence-corrected chi connectivity index (χ3v) is 4.97. The van der Waals surface area contributed by atoms with Gasteiger partial charge >= 0.3 is 5.97 Å². The molecule has 138 valence electrons. The van der Waals surface area contributed by atoms with Gasteiger partial charge < -0.3 is 10.1 Å². The zero-order valence-electron chi connectivity index (χ0n) is 14.7. The average Bonchev–Trinajstić information content (AvgIpc) is 3.15. The van der Waals surface area contributed by atoms with Crippen LogP contribution >= 0.6 is 22.9 Å². The van der Waals surface area contributed by atoms with Crippen LogP contribution in [-0.2, 0) is 9.53 Å². The van der Waals surface area contributed by atoms with Crippen molar-refractivity contribution in [2.75, 3.05) is 5.32 Å². The number of ether oxygens (including phenoxy) is 1. The maximum atomic E-state index is 12.3. The van der Waals surface area contributed by atoms with Gasteiger partial charge in [0.2, 0.25) is 0 Å². The highest BCUT2D eigenvalue weighted by atomic mass is 35.5. The first kappa shape index (κ1) is 19.1. The summed E-state index contributed by atoms with van der Waals surface area (Å²) >= 11 is 7.30. The molecular formula is C20H17ClN2O3S. The van der Waals surface area contributed by atoms with Crippen LogP contribution in [0.25, 0.3) is 10.6 Å². The van der Waals surface area contributed by atoms with Crippen molar-refractivity contribution in [2.24, 2.45) is 0 Å². The fraction of sp³-hybridized carbons (Fsp3) is 0.150. The van der Waals surface area contributed by atoms with E-state index >= 15 is 0 Å². The van der Waals surface area contributed by atoms with Crippen molar-refractivity contribution in [1.82, 2.24) is 4.98 Å². The van der Waals surface area contributed by atoms with Crippen molar-refractivity contribution in [3.05, 3.63) is 70.2 Å². The van der Waals surface area contributed by atoms with Crippen LogP contribution in [0.5, 0.6) is 0 Å². The maximum absolute atomic E-state index is 12.3. The van der Waals surface area contributed by atoms with Gasteiger partial charge in [-0.3, -0.25) is 4.79 Å². The lowest BCUT2D eigenvalue weighted by molar-refractivity contribution is -0.123. The molecule has 0 saturated carbocycles. The first-order chi connectivity index (χ1) is 12.9. The standard InChI is InChI=1S/C20H17ClN2O3S/c1-12-8-9-15(21)10-16(12)22-18(24)13(2)26-20(25)17-11-27-19(23-17)14-6-4-3-5-7-14/h3-11,13H,1-2H3,(H,22,24)/t13-/m1/s1. The topological polar surface area (TPSA) is 68.3 Å². The Balaban J connectivity index is 1.64. The lowest BCUT2D eigenvalue weighted by atomic mass is 10.2. The number of amides is 1. The molecule has 5 nitrogen and oxygen atoms in total. The Bertz CT molecular complexity index is 972. The molecule has 0 saturated heterocycles. The van der Waals surface area contributed by atoms with Crippen LogP contribution in [-0.4, -0.2) is 23.0 Å². The molecule has 7 heteroatoms. The number of anilines is 1. The van der Waals surface area contributed by atoms with Gasteiger partial charge in [-0.2, -0.15) is 0 Å². The monoisotopic (exact) mass is 400 g/mol. The number of carbonyl (C=O) groups excluding carboxylic acids is 2. The molecule has 3 rings (SSSR count). The predicted octanol–water partition coefficient (Wildman–Crippen LogP) is 4.96. The van der Waals surface area contributed by atoms with Crippen molar-refractivity contribution >= 4 is 40.5 Å². The Morgan fingerprint density at radius 3 is 2.67 bits per heavy atom. The zero-order valence-corrected chi connectivity index (χ0v) is 16.3. The van der Waals surface area contributed by atoms with Gasteiger partial charge in [0.25, 0.3) is 5.91 Å². The van der Waals surface area contributed by atoms with E-state index in [9.17, 15) is 9.59 Å². The third-order valence-electron chi connectivity index (χ3n) is 3.84. The van der Waals surface area contributed by atoms with Gasteiger partial charge in [-0.1, -0.05) is 48.0 Å². The third kappa shape index (κ3) is 4.72. The van der Waals surface area contributed by atoms with Crippen LogP contribution in [0.2, 0.25) is 5.02 Å². The van der Waals surface area contributed by atoms with Crippen LogP contribution in [0.3, 0.4) is 0 Å². The fourth-order valence-corrected chi connectivity index (χ4v) is 3.29. The summed E-state index contributed by atoms with van der Waals surface area (Å²) in [6.07, 6.45) is -0.974. The number of thiazole rings is 1. The summed E-state index contributed by atoms with van der Waals surface area (Å²) in [6.45, 7) is 3.36. The summed E-state index contributed by atoms with van der Waals surface area (Å²) in [5.41, 5.74) is 2.54. The molecule has 27 heavy (non-hydrogen) atoms. The number of carbonyl (C=O) groups is 2. The number of rotatable bonds is 5. The molecule has 1 amide bonds. The van der Waals surface area contributed by atoms with Gasteiger partial charge in [0.05, 0.1) is 0 Å². The van der Waals surface area contributed by atoms with Crippen molar-refractivity contribution in [3.8, 4) is 10.6 Å². The van der Waals surface area contributed by atoms with Crippen LogP contribution < -0.4 is 5.32 Å². The fourth-order valence-electron chi connectivity index (χ4n) is 2.32. The van der Waals surface area contributed by atoms with E-state index in [4.69, 9.17) is 16.3 Å². The molecule has 1 atom stereocenters. The molecule has 0 aliphatic carbocycles. The molecule has 0 fully saturated rings. The molecule has 0 aliphatic heterocycles. The average molecular weight is 401 g/mol. The summed E-state index contributed by atoms with van der Waals surface area (Å²) in [5.74, 6) is -1.08. The SMILES string of the molecule is Cc1ccc(Cl)cc1NC(=O)[C@@H](C)OC(=O)c1csc(-c2ccccc2)n1. The highest BCUT2D eigenvalue weighted by Crippen LogP contribution is 2.24. The highest BCUT2D eigenvalue weighted by molar-refractivity contribution is 7.13. The van der Waals surface area contributed by atoms with Gasteiger partial charge in [-0.25, -0.2) is 9.78 Å². The predicted molar refractivity (Wildman–Crippen MR) is 107 cm³/mol. The van der Waals surface area contributed by atoms with Crippen molar-refractivity contribution in [1.29, 1.82) is 0 Å². The Morgan fingerprint density at radius 1 is 1.19 bits per heavy atom. The lowest BCUT2D eigenvalue weighted by Crippen LogP contribution is -2.30. The molecule has 0 bridgehead atoms. The number of nitrogens with zero attached hydrogens (tertiary/aromatic N) is 1. The number of esters is 1. The molecule has 1 N–H and O–H groups in total. The quantitative estimate of drug-likeness (QED) is 0.615. The molecule has 0 spiro atoms. The summed E-state index contributed by atoms with van der Waals surface area (Å²) in [6, 6.07) is 14.7. The molecule has 2 aromatic carbocycles. The number of hydrogen-bond acceptors (Lipinski definition) is 5. The van der Waals surface area contributed by atoms with Crippen molar-refractivity contribution in [3.63, 3.8) is 0 Å². The number of halogens is 1.